The fraction of sp³-hybridized carbons (Fsp3) is 0.471. The second-order valence-corrected chi connectivity index (χ2v) is 6.64. The smallest absolute Gasteiger partial charge is 0.325 e. The highest BCUT2D eigenvalue weighted by molar-refractivity contribution is 6.07. The number of urea groups is 1. The van der Waals surface area contributed by atoms with Gasteiger partial charge in [0.1, 0.15) is 5.54 Å². The van der Waals surface area contributed by atoms with E-state index in [0.717, 1.165) is 12.8 Å². The summed E-state index contributed by atoms with van der Waals surface area (Å²) in [6.07, 6.45) is 3.61. The van der Waals surface area contributed by atoms with Gasteiger partial charge in [-0.05, 0) is 25.3 Å². The lowest BCUT2D eigenvalue weighted by Gasteiger charge is -2.19. The van der Waals surface area contributed by atoms with Gasteiger partial charge in [-0.15, -0.1) is 0 Å². The molecule has 0 bridgehead atoms. The number of carbonyl (C=O) groups excluding carboxylic acids is 3. The largest absolute Gasteiger partial charge is 0.326 e. The number of nitro benzene ring substituents is 1. The molecule has 2 fully saturated rings. The van der Waals surface area contributed by atoms with E-state index < -0.39 is 16.5 Å². The second kappa shape index (κ2) is 7.11. The molecule has 1 saturated heterocycles. The average molecular weight is 360 g/mol. The predicted molar refractivity (Wildman–Crippen MR) is 92.4 cm³/mol. The molecule has 1 aliphatic heterocycles. The number of rotatable bonds is 6. The molecule has 0 atom stereocenters. The van der Waals surface area contributed by atoms with E-state index in [2.05, 4.69) is 10.6 Å². The average Bonchev–Trinajstić information content (AvgIpc) is 3.15. The van der Waals surface area contributed by atoms with Crippen LogP contribution in [0.2, 0.25) is 0 Å². The van der Waals surface area contributed by atoms with E-state index in [4.69, 9.17) is 0 Å². The molecule has 1 aliphatic carbocycles. The van der Waals surface area contributed by atoms with Crippen LogP contribution < -0.4 is 10.6 Å². The molecule has 138 valence electrons. The van der Waals surface area contributed by atoms with E-state index in [-0.39, 0.29) is 30.5 Å². The molecular weight excluding hydrogens is 340 g/mol. The van der Waals surface area contributed by atoms with Crippen molar-refractivity contribution in [3.05, 3.63) is 34.4 Å². The van der Waals surface area contributed by atoms with Gasteiger partial charge in [-0.25, -0.2) is 4.79 Å². The highest BCUT2D eigenvalue weighted by Gasteiger charge is 2.51. The maximum absolute atomic E-state index is 12.5. The van der Waals surface area contributed by atoms with Gasteiger partial charge in [-0.3, -0.25) is 24.6 Å². The van der Waals surface area contributed by atoms with Gasteiger partial charge in [0.2, 0.25) is 5.91 Å². The molecule has 0 radical (unpaired) electrons. The van der Waals surface area contributed by atoms with Gasteiger partial charge in [0, 0.05) is 30.8 Å². The molecule has 4 amide bonds. The van der Waals surface area contributed by atoms with Crippen molar-refractivity contribution in [3.8, 4) is 0 Å². The van der Waals surface area contributed by atoms with Gasteiger partial charge in [-0.2, -0.15) is 0 Å². The third-order valence-electron chi connectivity index (χ3n) is 4.83. The van der Waals surface area contributed by atoms with Crippen LogP contribution in [0.1, 0.15) is 38.5 Å². The lowest BCUT2D eigenvalue weighted by atomic mass is 9.98. The van der Waals surface area contributed by atoms with Crippen LogP contribution in [-0.2, 0) is 9.59 Å². The summed E-state index contributed by atoms with van der Waals surface area (Å²) in [5.41, 5.74) is -0.504. The van der Waals surface area contributed by atoms with Crippen LogP contribution in [0.5, 0.6) is 0 Å². The number of nitrogens with zero attached hydrogens (tertiary/aromatic N) is 2. The Kier molecular flexibility index (Phi) is 4.88. The zero-order valence-corrected chi connectivity index (χ0v) is 14.2. The molecule has 9 heteroatoms. The van der Waals surface area contributed by atoms with E-state index in [9.17, 15) is 24.5 Å². The van der Waals surface area contributed by atoms with Gasteiger partial charge < -0.3 is 10.6 Å². The number of nitrogens with one attached hydrogen (secondary N) is 2. The maximum atomic E-state index is 12.5. The minimum Gasteiger partial charge on any atom is -0.326 e. The number of imide groups is 1. The number of amides is 4. The van der Waals surface area contributed by atoms with Crippen molar-refractivity contribution in [1.82, 2.24) is 10.2 Å². The molecule has 1 heterocycles. The fourth-order valence-corrected chi connectivity index (χ4v) is 3.52. The van der Waals surface area contributed by atoms with Gasteiger partial charge in [0.25, 0.3) is 11.6 Å². The highest BCUT2D eigenvalue weighted by Crippen LogP contribution is 2.35. The molecule has 2 aliphatic rings. The Morgan fingerprint density at radius 3 is 2.73 bits per heavy atom. The molecule has 1 aromatic carbocycles. The highest BCUT2D eigenvalue weighted by atomic mass is 16.6. The molecule has 1 aromatic rings. The Morgan fingerprint density at radius 1 is 1.31 bits per heavy atom. The molecule has 0 unspecified atom stereocenters. The maximum Gasteiger partial charge on any atom is 0.325 e. The van der Waals surface area contributed by atoms with Crippen LogP contribution in [0.4, 0.5) is 16.2 Å². The molecule has 0 aromatic heterocycles. The number of non-ortho nitro benzene ring substituents is 1. The standard InChI is InChI=1S/C17H20N4O5/c22-14(18-12-5-3-6-13(11-12)21(25)26)7-4-10-20-15(23)17(19-16(20)24)8-1-2-9-17/h3,5-6,11H,1-2,4,7-10H2,(H,18,22)(H,19,24). The van der Waals surface area contributed by atoms with E-state index in [1.807, 2.05) is 0 Å². The second-order valence-electron chi connectivity index (χ2n) is 6.64. The lowest BCUT2D eigenvalue weighted by Crippen LogP contribution is -2.44. The Bertz CT molecular complexity index is 757. The Balaban J connectivity index is 1.49. The first-order valence-electron chi connectivity index (χ1n) is 8.60. The summed E-state index contributed by atoms with van der Waals surface area (Å²) in [5, 5.41) is 16.1. The number of anilines is 1. The van der Waals surface area contributed by atoms with Crippen molar-refractivity contribution in [2.45, 2.75) is 44.1 Å². The van der Waals surface area contributed by atoms with Crippen molar-refractivity contribution >= 4 is 29.2 Å². The first-order chi connectivity index (χ1) is 12.4. The van der Waals surface area contributed by atoms with Crippen molar-refractivity contribution < 1.29 is 19.3 Å². The SMILES string of the molecule is O=C(CCCN1C(=O)NC2(CCCC2)C1=O)Nc1cccc([N+](=O)[O-])c1. The van der Waals surface area contributed by atoms with Gasteiger partial charge in [0.05, 0.1) is 4.92 Å². The van der Waals surface area contributed by atoms with Crippen LogP contribution in [0.15, 0.2) is 24.3 Å². The third-order valence-corrected chi connectivity index (χ3v) is 4.83. The number of hydrogen-bond donors (Lipinski definition) is 2. The zero-order valence-electron chi connectivity index (χ0n) is 14.2. The van der Waals surface area contributed by atoms with Gasteiger partial charge in [-0.1, -0.05) is 18.9 Å². The predicted octanol–water partition coefficient (Wildman–Crippen LogP) is 2.18. The first-order valence-corrected chi connectivity index (χ1v) is 8.60. The quantitative estimate of drug-likeness (QED) is 0.457. The lowest BCUT2D eigenvalue weighted by molar-refractivity contribution is -0.384. The van der Waals surface area contributed by atoms with E-state index in [1.54, 1.807) is 6.07 Å². The van der Waals surface area contributed by atoms with Crippen molar-refractivity contribution in [2.75, 3.05) is 11.9 Å². The van der Waals surface area contributed by atoms with Gasteiger partial charge >= 0.3 is 6.03 Å². The molecule has 1 saturated carbocycles. The number of carbonyl (C=O) groups is 3. The minimum absolute atomic E-state index is 0.104. The van der Waals surface area contributed by atoms with Crippen molar-refractivity contribution in [1.29, 1.82) is 0 Å². The summed E-state index contributed by atoms with van der Waals surface area (Å²) < 4.78 is 0. The molecule has 26 heavy (non-hydrogen) atoms. The molecule has 2 N–H and O–H groups in total. The number of hydrogen-bond acceptors (Lipinski definition) is 5. The summed E-state index contributed by atoms with van der Waals surface area (Å²) in [6, 6.07) is 5.27. The van der Waals surface area contributed by atoms with Crippen LogP contribution in [0.3, 0.4) is 0 Å². The number of benzene rings is 1. The zero-order chi connectivity index (χ0) is 18.7. The van der Waals surface area contributed by atoms with Gasteiger partial charge in [0.15, 0.2) is 0 Å². The minimum atomic E-state index is -0.734. The van der Waals surface area contributed by atoms with E-state index in [1.165, 1.54) is 23.1 Å². The van der Waals surface area contributed by atoms with Crippen LogP contribution in [-0.4, -0.2) is 39.8 Å². The van der Waals surface area contributed by atoms with E-state index >= 15 is 0 Å². The summed E-state index contributed by atoms with van der Waals surface area (Å²) in [6.45, 7) is 0.175. The summed E-state index contributed by atoms with van der Waals surface area (Å²) in [5.74, 6) is -0.521. The Hall–Kier alpha value is -2.97. The molecule has 9 nitrogen and oxygen atoms in total. The normalized spacial score (nSPS) is 18.2. The molecular formula is C17H20N4O5. The van der Waals surface area contributed by atoms with Crippen LogP contribution in [0.25, 0.3) is 0 Å². The third kappa shape index (κ3) is 3.51. The summed E-state index contributed by atoms with van der Waals surface area (Å²) in [7, 11) is 0. The van der Waals surface area contributed by atoms with Crippen molar-refractivity contribution in [2.24, 2.45) is 0 Å². The Labute approximate surface area is 149 Å². The Morgan fingerprint density at radius 2 is 2.04 bits per heavy atom. The summed E-state index contributed by atoms with van der Waals surface area (Å²) in [4.78, 5) is 47.9. The van der Waals surface area contributed by atoms with Crippen LogP contribution >= 0.6 is 0 Å². The van der Waals surface area contributed by atoms with Crippen molar-refractivity contribution in [3.63, 3.8) is 0 Å². The summed E-state index contributed by atoms with van der Waals surface area (Å²) >= 11 is 0. The fourth-order valence-electron chi connectivity index (χ4n) is 3.52. The first kappa shape index (κ1) is 17.8. The molecule has 1 spiro atoms. The number of nitro groups is 1. The molecule has 3 rings (SSSR count). The van der Waals surface area contributed by atoms with E-state index in [0.29, 0.717) is 24.9 Å². The monoisotopic (exact) mass is 360 g/mol. The topological polar surface area (TPSA) is 122 Å². The van der Waals surface area contributed by atoms with Crippen LogP contribution in [0, 0.1) is 10.1 Å².